The Balaban J connectivity index is 0.00000280. The Hall–Kier alpha value is 0.130. The van der Waals surface area contributed by atoms with Gasteiger partial charge in [-0.2, -0.15) is 4.98 Å². The number of H-pyrrole nitrogens is 1. The van der Waals surface area contributed by atoms with Crippen LogP contribution in [-0.4, -0.2) is 101 Å². The number of phosphoric acid groups is 2. The Bertz CT molecular complexity index is 1330. The summed E-state index contributed by atoms with van der Waals surface area (Å²) >= 11 is 0. The number of aliphatic hydroxyl groups excluding tert-OH is 5. The van der Waals surface area contributed by atoms with Crippen LogP contribution >= 0.6 is 15.6 Å². The van der Waals surface area contributed by atoms with Crippen LogP contribution in [0.1, 0.15) is 13.2 Å². The average Bonchev–Trinajstić information content (AvgIpc) is 3.35. The SMILES string of the molecule is C[C@H]1O[C@@H](OP(=O)([O-])OP(=O)([O-])OC[C@H]2O[C@@H](n3cnc4c(=O)[nH]c(N)nc43)[C@H](O)[C@@H]2O)[C@@H](O)C(O)[C@H]1O.[Na+].[Na+]. The average molecular weight is 633 g/mol. The van der Waals surface area contributed by atoms with Gasteiger partial charge < -0.3 is 55.1 Å². The molecule has 8 N–H and O–H groups in total. The van der Waals surface area contributed by atoms with Gasteiger partial charge in [0.05, 0.1) is 19.0 Å². The molecule has 0 bridgehead atoms. The minimum Gasteiger partial charge on any atom is -0.756 e. The van der Waals surface area contributed by atoms with E-state index in [-0.39, 0.29) is 76.2 Å². The van der Waals surface area contributed by atoms with Crippen molar-refractivity contribution in [1.29, 1.82) is 0 Å². The van der Waals surface area contributed by atoms with Crippen molar-refractivity contribution in [2.45, 2.75) is 62.2 Å². The zero-order chi connectivity index (χ0) is 28.2. The number of aromatic nitrogens is 4. The molecule has 2 aromatic heterocycles. The second-order valence-corrected chi connectivity index (χ2v) is 11.3. The fourth-order valence-electron chi connectivity index (χ4n) is 3.78. The number of aliphatic hydroxyl groups is 5. The largest absolute Gasteiger partial charge is 1.00 e. The molecule has 0 saturated carbocycles. The molecule has 0 amide bonds. The molecule has 2 aromatic rings. The van der Waals surface area contributed by atoms with Crippen LogP contribution in [0.25, 0.3) is 11.2 Å². The van der Waals surface area contributed by atoms with Gasteiger partial charge in [-0.3, -0.25) is 28.0 Å². The van der Waals surface area contributed by atoms with Crippen LogP contribution in [0.15, 0.2) is 11.1 Å². The number of nitrogens with one attached hydrogen (secondary N) is 1. The molecule has 0 aliphatic carbocycles. The number of ether oxygens (including phenoxy) is 2. The van der Waals surface area contributed by atoms with Gasteiger partial charge in [0.2, 0.25) is 5.95 Å². The van der Waals surface area contributed by atoms with Crippen LogP contribution in [-0.2, 0) is 32.0 Å². The fourth-order valence-corrected chi connectivity index (χ4v) is 5.86. The van der Waals surface area contributed by atoms with Gasteiger partial charge >= 0.3 is 59.1 Å². The first kappa shape index (κ1) is 36.3. The number of nitrogen functional groups attached to an aromatic ring is 1. The third-order valence-corrected chi connectivity index (χ3v) is 8.23. The smallest absolute Gasteiger partial charge is 0.756 e. The van der Waals surface area contributed by atoms with Crippen LogP contribution in [0.2, 0.25) is 0 Å². The van der Waals surface area contributed by atoms with Gasteiger partial charge in [0.1, 0.15) is 36.6 Å². The molecule has 3 unspecified atom stereocenters. The van der Waals surface area contributed by atoms with Gasteiger partial charge in [-0.25, -0.2) is 9.29 Å². The second kappa shape index (κ2) is 13.8. The normalized spacial score (nSPS) is 35.4. The van der Waals surface area contributed by atoms with Crippen molar-refractivity contribution >= 4 is 32.8 Å². The van der Waals surface area contributed by atoms with E-state index in [4.69, 9.17) is 15.2 Å². The van der Waals surface area contributed by atoms with E-state index in [1.807, 2.05) is 0 Å². The van der Waals surface area contributed by atoms with Gasteiger partial charge in [0, 0.05) is 0 Å². The molecule has 2 fully saturated rings. The maximum absolute atomic E-state index is 12.1. The molecule has 0 radical (unpaired) electrons. The van der Waals surface area contributed by atoms with Crippen molar-refractivity contribution in [3.8, 4) is 0 Å². The van der Waals surface area contributed by atoms with Crippen molar-refractivity contribution in [2.75, 3.05) is 12.3 Å². The van der Waals surface area contributed by atoms with Crippen molar-refractivity contribution in [1.82, 2.24) is 19.5 Å². The molecule has 24 heteroatoms. The van der Waals surface area contributed by atoms with Crippen LogP contribution in [0, 0.1) is 0 Å². The second-order valence-electron chi connectivity index (χ2n) is 8.38. The van der Waals surface area contributed by atoms with E-state index in [9.17, 15) is 49.2 Å². The number of nitrogens with zero attached hydrogens (tertiary/aromatic N) is 3. The summed E-state index contributed by atoms with van der Waals surface area (Å²) in [5.74, 6) is -0.280. The van der Waals surface area contributed by atoms with Crippen molar-refractivity contribution < 1.29 is 126 Å². The minimum absolute atomic E-state index is 0. The number of aromatic amines is 1. The number of hydrogen-bond donors (Lipinski definition) is 7. The third kappa shape index (κ3) is 7.79. The number of nitrogens with two attached hydrogens (primary N) is 1. The fraction of sp³-hybridized carbons (Fsp3) is 0.688. The van der Waals surface area contributed by atoms with E-state index in [2.05, 4.69) is 28.3 Å². The van der Waals surface area contributed by atoms with Gasteiger partial charge in [-0.05, 0) is 6.92 Å². The van der Waals surface area contributed by atoms with E-state index in [0.717, 1.165) is 10.9 Å². The first-order valence-electron chi connectivity index (χ1n) is 10.7. The number of rotatable bonds is 8. The third-order valence-electron chi connectivity index (χ3n) is 5.70. The molecule has 0 aromatic carbocycles. The van der Waals surface area contributed by atoms with E-state index in [0.29, 0.717) is 0 Å². The Kier molecular flexibility index (Phi) is 12.6. The monoisotopic (exact) mass is 633 g/mol. The van der Waals surface area contributed by atoms with Gasteiger partial charge in [0.15, 0.2) is 23.7 Å². The van der Waals surface area contributed by atoms with Crippen LogP contribution in [0.4, 0.5) is 5.95 Å². The number of phosphoric ester groups is 2. The van der Waals surface area contributed by atoms with E-state index < -0.39 is 83.1 Å². The zero-order valence-electron chi connectivity index (χ0n) is 21.1. The standard InChI is InChI=1S/C16H25N5O15P2.2Na/c1-4-7(22)9(24)11(26)15(33-4)35-38(30,31)36-37(28,29)32-2-5-8(23)10(25)14(34-5)21-3-18-6-12(21)19-16(17)20-13(6)27;;/h3-5,7-11,14-15,22-26H,2H2,1H3,(H,28,29)(H,30,31)(H3,17,19,20,27);;/q;2*+1/p-2/t4-,5-,7+,8-,9?,10-,11+,14-,15+;;/m1../s1. The Morgan fingerprint density at radius 1 is 1.05 bits per heavy atom. The molecule has 4 rings (SSSR count). The molecule has 214 valence electrons. The molecule has 2 aliphatic heterocycles. The van der Waals surface area contributed by atoms with Crippen molar-refractivity contribution in [3.63, 3.8) is 0 Å². The summed E-state index contributed by atoms with van der Waals surface area (Å²) in [5, 5.41) is 49.9. The zero-order valence-corrected chi connectivity index (χ0v) is 26.9. The van der Waals surface area contributed by atoms with Crippen molar-refractivity contribution in [3.05, 3.63) is 16.7 Å². The van der Waals surface area contributed by atoms with Crippen LogP contribution in [0.5, 0.6) is 0 Å². The Labute approximate surface area is 268 Å². The summed E-state index contributed by atoms with van der Waals surface area (Å²) in [4.78, 5) is 46.1. The predicted octanol–water partition coefficient (Wildman–Crippen LogP) is -10.9. The summed E-state index contributed by atoms with van der Waals surface area (Å²) in [6.45, 7) is 0.168. The predicted molar refractivity (Wildman–Crippen MR) is 114 cm³/mol. The summed E-state index contributed by atoms with van der Waals surface area (Å²) in [7, 11) is -11.6. The molecule has 40 heavy (non-hydrogen) atoms. The summed E-state index contributed by atoms with van der Waals surface area (Å²) in [5.41, 5.74) is 4.52. The number of anilines is 1. The molecular weight excluding hydrogens is 610 g/mol. The number of imidazole rings is 1. The van der Waals surface area contributed by atoms with Crippen molar-refractivity contribution in [2.24, 2.45) is 0 Å². The summed E-state index contributed by atoms with van der Waals surface area (Å²) in [6, 6.07) is 0. The van der Waals surface area contributed by atoms with E-state index in [1.165, 1.54) is 6.92 Å². The molecule has 2 saturated heterocycles. The minimum atomic E-state index is -5.82. The quantitative estimate of drug-likeness (QED) is 0.105. The van der Waals surface area contributed by atoms with E-state index >= 15 is 0 Å². The molecular formula is C16H23N5Na2O15P2. The van der Waals surface area contributed by atoms with Crippen LogP contribution in [0.3, 0.4) is 0 Å². The summed E-state index contributed by atoms with van der Waals surface area (Å²) in [6.07, 6.45) is -14.3. The topological polar surface area (TPSA) is 317 Å². The van der Waals surface area contributed by atoms with Gasteiger partial charge in [0.25, 0.3) is 21.2 Å². The summed E-state index contributed by atoms with van der Waals surface area (Å²) < 4.78 is 48.3. The van der Waals surface area contributed by atoms with E-state index in [1.54, 1.807) is 0 Å². The van der Waals surface area contributed by atoms with Gasteiger partial charge in [-0.1, -0.05) is 0 Å². The first-order valence-corrected chi connectivity index (χ1v) is 13.6. The maximum atomic E-state index is 12.1. The van der Waals surface area contributed by atoms with Gasteiger partial charge in [-0.15, -0.1) is 0 Å². The molecule has 2 aliphatic rings. The number of fused-ring (bicyclic) bond motifs is 1. The Morgan fingerprint density at radius 3 is 2.35 bits per heavy atom. The Morgan fingerprint density at radius 2 is 1.70 bits per heavy atom. The number of hydrogen-bond acceptors (Lipinski definition) is 18. The van der Waals surface area contributed by atoms with Crippen LogP contribution < -0.4 is 80.2 Å². The molecule has 20 nitrogen and oxygen atoms in total. The molecule has 11 atom stereocenters. The molecule has 0 spiro atoms. The first-order chi connectivity index (χ1) is 17.6. The molecule has 4 heterocycles. The maximum Gasteiger partial charge on any atom is 1.00 e.